The third-order valence-corrected chi connectivity index (χ3v) is 5.35. The van der Waals surface area contributed by atoms with Crippen molar-refractivity contribution in [2.45, 2.75) is 19.4 Å². The lowest BCUT2D eigenvalue weighted by Crippen LogP contribution is -2.34. The van der Waals surface area contributed by atoms with Crippen molar-refractivity contribution < 1.29 is 9.21 Å². The minimum absolute atomic E-state index is 0. The SMILES string of the molecule is CCc1ccc2oc(C(=O)NCC(c3cccs3)N(C)C)cc(=O)c2c1.Cl. The first-order valence-electron chi connectivity index (χ1n) is 8.54. The minimum Gasteiger partial charge on any atom is -0.451 e. The summed E-state index contributed by atoms with van der Waals surface area (Å²) in [5, 5.41) is 5.40. The first kappa shape index (κ1) is 21.2. The normalized spacial score (nSPS) is 12.0. The number of carbonyl (C=O) groups is 1. The summed E-state index contributed by atoms with van der Waals surface area (Å²) in [5.41, 5.74) is 1.29. The summed E-state index contributed by atoms with van der Waals surface area (Å²) in [6.07, 6.45) is 0.840. The molecule has 1 unspecified atom stereocenters. The summed E-state index contributed by atoms with van der Waals surface area (Å²) in [6, 6.07) is 10.9. The van der Waals surface area contributed by atoms with E-state index in [2.05, 4.69) is 10.2 Å². The number of fused-ring (bicyclic) bond motifs is 1. The molecule has 0 radical (unpaired) electrons. The van der Waals surface area contributed by atoms with Crippen molar-refractivity contribution in [3.05, 3.63) is 68.2 Å². The highest BCUT2D eigenvalue weighted by Gasteiger charge is 2.18. The van der Waals surface area contributed by atoms with Gasteiger partial charge in [-0.25, -0.2) is 0 Å². The van der Waals surface area contributed by atoms with Gasteiger partial charge in [0.15, 0.2) is 11.2 Å². The van der Waals surface area contributed by atoms with Crippen LogP contribution in [0.4, 0.5) is 0 Å². The van der Waals surface area contributed by atoms with Crippen molar-refractivity contribution in [1.29, 1.82) is 0 Å². The molecule has 3 rings (SSSR count). The van der Waals surface area contributed by atoms with Crippen molar-refractivity contribution >= 4 is 40.6 Å². The molecule has 5 nitrogen and oxygen atoms in total. The molecule has 2 aromatic heterocycles. The van der Waals surface area contributed by atoms with Gasteiger partial charge in [-0.3, -0.25) is 9.59 Å². The van der Waals surface area contributed by atoms with E-state index in [9.17, 15) is 9.59 Å². The zero-order valence-corrected chi connectivity index (χ0v) is 17.2. The van der Waals surface area contributed by atoms with Gasteiger partial charge in [0.1, 0.15) is 5.58 Å². The van der Waals surface area contributed by atoms with Crippen molar-refractivity contribution in [3.63, 3.8) is 0 Å². The number of thiophene rings is 1. The molecule has 3 aromatic rings. The van der Waals surface area contributed by atoms with Crippen molar-refractivity contribution in [1.82, 2.24) is 10.2 Å². The lowest BCUT2D eigenvalue weighted by atomic mass is 10.1. The Morgan fingerprint density at radius 3 is 2.67 bits per heavy atom. The number of likely N-dealkylation sites (N-methyl/N-ethyl adjacent to an activating group) is 1. The highest BCUT2D eigenvalue weighted by Crippen LogP contribution is 2.22. The number of rotatable bonds is 6. The number of hydrogen-bond donors (Lipinski definition) is 1. The summed E-state index contributed by atoms with van der Waals surface area (Å²) in [7, 11) is 3.94. The smallest absolute Gasteiger partial charge is 0.287 e. The fourth-order valence-corrected chi connectivity index (χ4v) is 3.75. The largest absolute Gasteiger partial charge is 0.451 e. The first-order chi connectivity index (χ1) is 12.5. The molecule has 1 N–H and O–H groups in total. The van der Waals surface area contributed by atoms with Gasteiger partial charge in [-0.05, 0) is 49.7 Å². The molecule has 0 saturated carbocycles. The Balaban J connectivity index is 0.00000261. The summed E-state index contributed by atoms with van der Waals surface area (Å²) in [6.45, 7) is 2.46. The molecule has 144 valence electrons. The topological polar surface area (TPSA) is 62.6 Å². The Kier molecular flexibility index (Phi) is 7.18. The van der Waals surface area contributed by atoms with E-state index in [-0.39, 0.29) is 35.5 Å². The number of halogens is 1. The van der Waals surface area contributed by atoms with Crippen LogP contribution in [0.25, 0.3) is 11.0 Å². The number of nitrogens with zero attached hydrogens (tertiary/aromatic N) is 1. The Hall–Kier alpha value is -2.15. The van der Waals surface area contributed by atoms with Gasteiger partial charge in [-0.15, -0.1) is 23.7 Å². The van der Waals surface area contributed by atoms with Gasteiger partial charge in [-0.2, -0.15) is 0 Å². The fourth-order valence-electron chi connectivity index (χ4n) is 2.83. The van der Waals surface area contributed by atoms with Crippen LogP contribution in [0.15, 0.2) is 51.0 Å². The average Bonchev–Trinajstić information content (AvgIpc) is 3.15. The first-order valence-corrected chi connectivity index (χ1v) is 9.42. The third kappa shape index (κ3) is 4.77. The highest BCUT2D eigenvalue weighted by atomic mass is 35.5. The van der Waals surface area contributed by atoms with E-state index in [4.69, 9.17) is 4.42 Å². The number of nitrogens with one attached hydrogen (secondary N) is 1. The fraction of sp³-hybridized carbons (Fsp3) is 0.300. The Bertz CT molecular complexity index is 967. The Morgan fingerprint density at radius 2 is 2.04 bits per heavy atom. The van der Waals surface area contributed by atoms with Gasteiger partial charge < -0.3 is 14.6 Å². The molecular weight excluding hydrogens is 384 g/mol. The van der Waals surface area contributed by atoms with Gasteiger partial charge in [0.2, 0.25) is 0 Å². The van der Waals surface area contributed by atoms with E-state index >= 15 is 0 Å². The molecule has 0 aliphatic carbocycles. The second-order valence-electron chi connectivity index (χ2n) is 6.36. The predicted octanol–water partition coefficient (Wildman–Crippen LogP) is 3.87. The summed E-state index contributed by atoms with van der Waals surface area (Å²) in [5.74, 6) is -0.345. The van der Waals surface area contributed by atoms with Crippen molar-refractivity contribution in [2.75, 3.05) is 20.6 Å². The lowest BCUT2D eigenvalue weighted by Gasteiger charge is -2.23. The lowest BCUT2D eigenvalue weighted by molar-refractivity contribution is 0.0915. The number of amides is 1. The quantitative estimate of drug-likeness (QED) is 0.675. The number of aryl methyl sites for hydroxylation is 1. The number of benzene rings is 1. The van der Waals surface area contributed by atoms with E-state index < -0.39 is 0 Å². The zero-order chi connectivity index (χ0) is 18.7. The Labute approximate surface area is 168 Å². The van der Waals surface area contributed by atoms with Crippen LogP contribution in [0, 0.1) is 0 Å². The molecule has 0 aliphatic rings. The van der Waals surface area contributed by atoms with Crippen LogP contribution in [-0.4, -0.2) is 31.4 Å². The number of hydrogen-bond acceptors (Lipinski definition) is 5. The van der Waals surface area contributed by atoms with Gasteiger partial charge in [0.05, 0.1) is 11.4 Å². The van der Waals surface area contributed by atoms with Crippen molar-refractivity contribution in [3.8, 4) is 0 Å². The van der Waals surface area contributed by atoms with E-state index in [0.717, 1.165) is 12.0 Å². The molecule has 27 heavy (non-hydrogen) atoms. The van der Waals surface area contributed by atoms with Crippen LogP contribution in [0.2, 0.25) is 0 Å². The molecule has 7 heteroatoms. The second-order valence-corrected chi connectivity index (χ2v) is 7.34. The molecule has 1 amide bonds. The van der Waals surface area contributed by atoms with E-state index in [0.29, 0.717) is 17.5 Å². The molecule has 1 aromatic carbocycles. The molecule has 0 fully saturated rings. The van der Waals surface area contributed by atoms with E-state index in [1.807, 2.05) is 50.7 Å². The average molecular weight is 407 g/mol. The second kappa shape index (κ2) is 9.17. The van der Waals surface area contributed by atoms with E-state index in [1.165, 1.54) is 10.9 Å². The van der Waals surface area contributed by atoms with Crippen molar-refractivity contribution in [2.24, 2.45) is 0 Å². The summed E-state index contributed by atoms with van der Waals surface area (Å²) >= 11 is 1.65. The van der Waals surface area contributed by atoms with Crippen LogP contribution < -0.4 is 10.7 Å². The predicted molar refractivity (Wildman–Crippen MR) is 112 cm³/mol. The molecule has 0 spiro atoms. The molecule has 0 aliphatic heterocycles. The third-order valence-electron chi connectivity index (χ3n) is 4.37. The molecule has 0 bridgehead atoms. The maximum Gasteiger partial charge on any atom is 0.287 e. The number of carbonyl (C=O) groups excluding carboxylic acids is 1. The molecule has 0 saturated heterocycles. The Morgan fingerprint density at radius 1 is 1.26 bits per heavy atom. The van der Waals surface area contributed by atoms with Crippen LogP contribution in [0.5, 0.6) is 0 Å². The van der Waals surface area contributed by atoms with Crippen LogP contribution in [0.1, 0.15) is 34.0 Å². The van der Waals surface area contributed by atoms with Crippen LogP contribution in [-0.2, 0) is 6.42 Å². The van der Waals surface area contributed by atoms with Gasteiger partial charge in [0.25, 0.3) is 5.91 Å². The van der Waals surface area contributed by atoms with Gasteiger partial charge in [0, 0.05) is 17.5 Å². The summed E-state index contributed by atoms with van der Waals surface area (Å²) < 4.78 is 5.66. The maximum absolute atomic E-state index is 12.5. The minimum atomic E-state index is -0.382. The van der Waals surface area contributed by atoms with Crippen LogP contribution >= 0.6 is 23.7 Å². The van der Waals surface area contributed by atoms with E-state index in [1.54, 1.807) is 17.4 Å². The van der Waals surface area contributed by atoms with Crippen LogP contribution in [0.3, 0.4) is 0 Å². The molecular formula is C20H23ClN2O3S. The standard InChI is InChI=1S/C20H22N2O3S.ClH/c1-4-13-7-8-17-14(10-13)16(23)11-18(25-17)20(24)21-12-15(22(2)3)19-6-5-9-26-19;/h5-11,15H,4,12H2,1-3H3,(H,21,24);1H. The highest BCUT2D eigenvalue weighted by molar-refractivity contribution is 7.10. The van der Waals surface area contributed by atoms with Gasteiger partial charge in [-0.1, -0.05) is 19.1 Å². The summed E-state index contributed by atoms with van der Waals surface area (Å²) in [4.78, 5) is 28.1. The molecule has 2 heterocycles. The van der Waals surface area contributed by atoms with Gasteiger partial charge >= 0.3 is 0 Å². The molecule has 1 atom stereocenters. The maximum atomic E-state index is 12.5. The zero-order valence-electron chi connectivity index (χ0n) is 15.5. The monoisotopic (exact) mass is 406 g/mol.